The fourth-order valence-corrected chi connectivity index (χ4v) is 6.15. The highest BCUT2D eigenvalue weighted by Crippen LogP contribution is 2.65. The minimum absolute atomic E-state index is 0.0628. The van der Waals surface area contributed by atoms with Crippen LogP contribution in [0.2, 0.25) is 0 Å². The van der Waals surface area contributed by atoms with E-state index in [0.717, 1.165) is 12.8 Å². The maximum absolute atomic E-state index is 14.1. The number of ether oxygens (including phenoxy) is 1. The second kappa shape index (κ2) is 12.1. The number of carbonyl (C=O) groups excluding carboxylic acids is 6. The van der Waals surface area contributed by atoms with E-state index in [1.54, 1.807) is 55.4 Å². The van der Waals surface area contributed by atoms with Crippen LogP contribution in [0, 0.1) is 34.5 Å². The van der Waals surface area contributed by atoms with E-state index in [9.17, 15) is 28.8 Å². The number of nitrogens with one attached hydrogen (secondary N) is 3. The van der Waals surface area contributed by atoms with Crippen LogP contribution in [0.4, 0.5) is 4.79 Å². The number of ketones is 1. The second-order valence-electron chi connectivity index (χ2n) is 15.5. The van der Waals surface area contributed by atoms with Crippen LogP contribution in [0.25, 0.3) is 0 Å². The zero-order chi connectivity index (χ0) is 32.8. The van der Waals surface area contributed by atoms with Crippen LogP contribution in [0.3, 0.4) is 0 Å². The first-order chi connectivity index (χ1) is 19.6. The Morgan fingerprint density at radius 3 is 2.00 bits per heavy atom. The molecule has 3 fully saturated rings. The zero-order valence-electron chi connectivity index (χ0n) is 27.3. The zero-order valence-corrected chi connectivity index (χ0v) is 27.3. The Labute approximate surface area is 255 Å². The van der Waals surface area contributed by atoms with Crippen molar-refractivity contribution in [3.63, 3.8) is 0 Å². The van der Waals surface area contributed by atoms with E-state index in [-0.39, 0.29) is 29.1 Å². The summed E-state index contributed by atoms with van der Waals surface area (Å²) < 4.78 is 5.48. The van der Waals surface area contributed by atoms with Crippen LogP contribution in [-0.2, 0) is 28.7 Å². The standard InChI is InChI=1S/C31H51N5O7/c1-15(2)20(27(41)43-30(6,7)8)34-28(42)35-23(29(3,4)5)26(40)36-14-17-19(31(17,9)10)21(36)25(39)33-18(13-16-11-12-16)22(37)24(32)38/h15-21,23H,11-14H2,1-10H3,(H2,32,38)(H,33,39)(H2,34,35,42)/t17-,18?,19-,20-,21-,23+/m0/s1. The number of hydrogen-bond donors (Lipinski definition) is 4. The summed E-state index contributed by atoms with van der Waals surface area (Å²) in [6, 6.07) is -4.61. The normalized spacial score (nSPS) is 24.7. The van der Waals surface area contributed by atoms with Crippen molar-refractivity contribution >= 4 is 35.5 Å². The lowest BCUT2D eigenvalue weighted by atomic mass is 9.85. The molecule has 12 heteroatoms. The van der Waals surface area contributed by atoms with E-state index in [4.69, 9.17) is 10.5 Å². The molecule has 1 aliphatic heterocycles. The largest absolute Gasteiger partial charge is 0.458 e. The van der Waals surface area contributed by atoms with Crippen molar-refractivity contribution in [3.05, 3.63) is 0 Å². The molecule has 3 rings (SSSR count). The molecule has 1 heterocycles. The highest BCUT2D eigenvalue weighted by Gasteiger charge is 2.70. The van der Waals surface area contributed by atoms with Gasteiger partial charge in [-0.05, 0) is 61.7 Å². The topological polar surface area (TPSA) is 177 Å². The Bertz CT molecular complexity index is 1150. The number of nitrogens with two attached hydrogens (primary N) is 1. The molecule has 2 saturated carbocycles. The summed E-state index contributed by atoms with van der Waals surface area (Å²) >= 11 is 0. The molecule has 5 amide bonds. The third kappa shape index (κ3) is 8.06. The van der Waals surface area contributed by atoms with E-state index in [0.29, 0.717) is 13.0 Å². The van der Waals surface area contributed by atoms with Crippen LogP contribution in [0.5, 0.6) is 0 Å². The molecule has 2 aliphatic carbocycles. The van der Waals surface area contributed by atoms with Gasteiger partial charge in [0.05, 0.1) is 6.04 Å². The van der Waals surface area contributed by atoms with Gasteiger partial charge in [0.25, 0.3) is 5.91 Å². The molecule has 1 unspecified atom stereocenters. The fourth-order valence-electron chi connectivity index (χ4n) is 6.15. The average Bonchev–Trinajstić information content (AvgIpc) is 3.69. The second-order valence-corrected chi connectivity index (χ2v) is 15.5. The third-order valence-electron chi connectivity index (χ3n) is 8.90. The monoisotopic (exact) mass is 605 g/mol. The van der Waals surface area contributed by atoms with Crippen LogP contribution in [0.1, 0.15) is 88.5 Å². The van der Waals surface area contributed by atoms with Crippen molar-refractivity contribution in [2.24, 2.45) is 40.2 Å². The van der Waals surface area contributed by atoms with Crippen molar-refractivity contribution < 1.29 is 33.5 Å². The number of nitrogens with zero attached hydrogens (tertiary/aromatic N) is 1. The number of esters is 1. The maximum Gasteiger partial charge on any atom is 0.329 e. The van der Waals surface area contributed by atoms with E-state index in [1.807, 2.05) is 13.8 Å². The SMILES string of the molecule is CC(C)[C@H](NC(=O)N[C@H](C(=O)N1C[C@H]2[C@@H]([C@H]1C(=O)NC(CC1CC1)C(=O)C(N)=O)C2(C)C)C(C)(C)C)C(=O)OC(C)(C)C. The first-order valence-electron chi connectivity index (χ1n) is 15.3. The van der Waals surface area contributed by atoms with Crippen molar-refractivity contribution in [1.29, 1.82) is 0 Å². The van der Waals surface area contributed by atoms with E-state index in [1.165, 1.54) is 4.90 Å². The van der Waals surface area contributed by atoms with Crippen LogP contribution >= 0.6 is 0 Å². The number of rotatable bonds is 11. The van der Waals surface area contributed by atoms with Crippen molar-refractivity contribution in [3.8, 4) is 0 Å². The number of fused-ring (bicyclic) bond motifs is 1. The van der Waals surface area contributed by atoms with E-state index >= 15 is 0 Å². The molecule has 0 aromatic carbocycles. The molecular weight excluding hydrogens is 554 g/mol. The number of primary amides is 1. The molecule has 43 heavy (non-hydrogen) atoms. The molecule has 0 bridgehead atoms. The Morgan fingerprint density at radius 1 is 0.953 bits per heavy atom. The Balaban J connectivity index is 1.81. The summed E-state index contributed by atoms with van der Waals surface area (Å²) in [4.78, 5) is 79.7. The van der Waals surface area contributed by atoms with Gasteiger partial charge in [-0.25, -0.2) is 9.59 Å². The van der Waals surface area contributed by atoms with Gasteiger partial charge in [0.15, 0.2) is 0 Å². The summed E-state index contributed by atoms with van der Waals surface area (Å²) in [7, 11) is 0. The van der Waals surface area contributed by atoms with Gasteiger partial charge in [-0.3, -0.25) is 19.2 Å². The number of urea groups is 1. The van der Waals surface area contributed by atoms with E-state index in [2.05, 4.69) is 16.0 Å². The smallest absolute Gasteiger partial charge is 0.329 e. The van der Waals surface area contributed by atoms with Crippen LogP contribution in [-0.4, -0.2) is 76.7 Å². The van der Waals surface area contributed by atoms with Gasteiger partial charge in [0, 0.05) is 6.54 Å². The molecule has 0 aromatic rings. The fraction of sp³-hybridized carbons (Fsp3) is 0.806. The lowest BCUT2D eigenvalue weighted by molar-refractivity contribution is -0.158. The highest BCUT2D eigenvalue weighted by atomic mass is 16.6. The van der Waals surface area contributed by atoms with Crippen LogP contribution < -0.4 is 21.7 Å². The van der Waals surface area contributed by atoms with Gasteiger partial charge >= 0.3 is 12.0 Å². The molecule has 6 atom stereocenters. The lowest BCUT2D eigenvalue weighted by Gasteiger charge is -2.38. The summed E-state index contributed by atoms with van der Waals surface area (Å²) in [6.45, 7) is 18.6. The van der Waals surface area contributed by atoms with Crippen molar-refractivity contribution in [2.75, 3.05) is 6.54 Å². The molecule has 5 N–H and O–H groups in total. The quantitative estimate of drug-likeness (QED) is 0.205. The molecule has 1 saturated heterocycles. The predicted molar refractivity (Wildman–Crippen MR) is 159 cm³/mol. The number of carbonyl (C=O) groups is 6. The minimum atomic E-state index is -1.11. The third-order valence-corrected chi connectivity index (χ3v) is 8.90. The Hall–Kier alpha value is -3.18. The molecular formula is C31H51N5O7. The van der Waals surface area contributed by atoms with Gasteiger partial charge in [-0.1, -0.05) is 61.3 Å². The number of piperidine rings is 1. The predicted octanol–water partition coefficient (Wildman–Crippen LogP) is 1.89. The van der Waals surface area contributed by atoms with Crippen molar-refractivity contribution in [2.45, 2.75) is 118 Å². The molecule has 0 radical (unpaired) electrons. The number of amides is 5. The van der Waals surface area contributed by atoms with Gasteiger partial charge in [0.1, 0.15) is 23.7 Å². The Kier molecular flexibility index (Phi) is 9.63. The minimum Gasteiger partial charge on any atom is -0.458 e. The summed E-state index contributed by atoms with van der Waals surface area (Å²) in [5, 5.41) is 8.17. The summed E-state index contributed by atoms with van der Waals surface area (Å²) in [6.07, 6.45) is 2.15. The highest BCUT2D eigenvalue weighted by molar-refractivity contribution is 6.37. The van der Waals surface area contributed by atoms with Crippen LogP contribution in [0.15, 0.2) is 0 Å². The van der Waals surface area contributed by atoms with Gasteiger partial charge in [-0.15, -0.1) is 0 Å². The number of likely N-dealkylation sites (tertiary alicyclic amines) is 1. The van der Waals surface area contributed by atoms with E-state index < -0.39 is 70.7 Å². The molecule has 0 aromatic heterocycles. The van der Waals surface area contributed by atoms with Crippen molar-refractivity contribution in [1.82, 2.24) is 20.9 Å². The number of Topliss-reactive ketones (excluding diaryl/α,β-unsaturated/α-hetero) is 1. The molecule has 12 nitrogen and oxygen atoms in total. The summed E-state index contributed by atoms with van der Waals surface area (Å²) in [5.41, 5.74) is 3.58. The average molecular weight is 606 g/mol. The van der Waals surface area contributed by atoms with Gasteiger partial charge < -0.3 is 31.3 Å². The first kappa shape index (κ1) is 34.3. The molecule has 0 spiro atoms. The van der Waals surface area contributed by atoms with Gasteiger partial charge in [0.2, 0.25) is 17.6 Å². The molecule has 242 valence electrons. The first-order valence-corrected chi connectivity index (χ1v) is 15.3. The Morgan fingerprint density at radius 2 is 1.53 bits per heavy atom. The lowest BCUT2D eigenvalue weighted by Crippen LogP contribution is -2.62. The molecule has 3 aliphatic rings. The maximum atomic E-state index is 14.1. The van der Waals surface area contributed by atoms with Gasteiger partial charge in [-0.2, -0.15) is 0 Å². The summed E-state index contributed by atoms with van der Waals surface area (Å²) in [5.74, 6) is -3.61. The number of hydrogen-bond acceptors (Lipinski definition) is 7.